The number of hydrogen-bond acceptors (Lipinski definition) is 6. The van der Waals surface area contributed by atoms with Crippen LogP contribution in [0.25, 0.3) is 28.1 Å². The van der Waals surface area contributed by atoms with Gasteiger partial charge in [-0.15, -0.1) is 0 Å². The van der Waals surface area contributed by atoms with E-state index in [2.05, 4.69) is 15.1 Å². The number of imidazole rings is 1. The second kappa shape index (κ2) is 5.40. The molecule has 1 aromatic carbocycles. The summed E-state index contributed by atoms with van der Waals surface area (Å²) in [7, 11) is 0. The van der Waals surface area contributed by atoms with E-state index >= 15 is 0 Å². The molecule has 0 aliphatic heterocycles. The van der Waals surface area contributed by atoms with E-state index in [0.29, 0.717) is 34.6 Å². The van der Waals surface area contributed by atoms with Crippen molar-refractivity contribution in [1.82, 2.24) is 24.1 Å². The van der Waals surface area contributed by atoms with Crippen molar-refractivity contribution < 1.29 is 9.63 Å². The number of aromatic nitrogens is 5. The summed E-state index contributed by atoms with van der Waals surface area (Å²) in [4.78, 5) is 21.9. The highest BCUT2D eigenvalue weighted by atomic mass is 35.5. The van der Waals surface area contributed by atoms with Gasteiger partial charge in [-0.25, -0.2) is 4.98 Å². The van der Waals surface area contributed by atoms with Crippen LogP contribution < -0.4 is 5.56 Å². The summed E-state index contributed by atoms with van der Waals surface area (Å²) in [5.41, 5.74) is 0.758. The van der Waals surface area contributed by atoms with Crippen molar-refractivity contribution in [2.45, 2.75) is 38.3 Å². The fourth-order valence-corrected chi connectivity index (χ4v) is 3.65. The first-order chi connectivity index (χ1) is 12.9. The molecule has 0 unspecified atom stereocenters. The molecule has 1 fully saturated rings. The molecular weight excluding hydrogens is 370 g/mol. The maximum absolute atomic E-state index is 13.3. The Morgan fingerprint density at radius 1 is 1.30 bits per heavy atom. The van der Waals surface area contributed by atoms with Crippen molar-refractivity contribution in [3.05, 3.63) is 45.7 Å². The molecule has 0 saturated heterocycles. The van der Waals surface area contributed by atoms with Gasteiger partial charge in [0.25, 0.3) is 11.4 Å². The fraction of sp³-hybridized carbons (Fsp3) is 0.333. The summed E-state index contributed by atoms with van der Waals surface area (Å²) < 4.78 is 8.63. The molecule has 0 bridgehead atoms. The Balaban J connectivity index is 1.85. The molecule has 4 aromatic rings. The smallest absolute Gasteiger partial charge is 0.279 e. The molecule has 1 saturated carbocycles. The van der Waals surface area contributed by atoms with Crippen molar-refractivity contribution >= 4 is 28.2 Å². The number of rotatable bonds is 3. The minimum absolute atomic E-state index is 0.113. The maximum Gasteiger partial charge on any atom is 0.279 e. The largest absolute Gasteiger partial charge is 0.382 e. The van der Waals surface area contributed by atoms with Crippen LogP contribution in [0.1, 0.15) is 38.6 Å². The molecule has 8 nitrogen and oxygen atoms in total. The van der Waals surface area contributed by atoms with Crippen molar-refractivity contribution in [3.63, 3.8) is 0 Å². The summed E-state index contributed by atoms with van der Waals surface area (Å²) in [5, 5.41) is 14.5. The van der Waals surface area contributed by atoms with Crippen molar-refractivity contribution in [2.75, 3.05) is 0 Å². The number of halogens is 1. The van der Waals surface area contributed by atoms with Gasteiger partial charge in [0, 0.05) is 6.04 Å². The molecule has 27 heavy (non-hydrogen) atoms. The molecule has 3 heterocycles. The molecule has 3 aromatic heterocycles. The van der Waals surface area contributed by atoms with Crippen LogP contribution in [0.2, 0.25) is 5.02 Å². The average Bonchev–Trinajstić information content (AvgIpc) is 3.06. The first-order valence-corrected chi connectivity index (χ1v) is 9.05. The van der Waals surface area contributed by atoms with Gasteiger partial charge >= 0.3 is 0 Å². The quantitative estimate of drug-likeness (QED) is 0.582. The first-order valence-electron chi connectivity index (χ1n) is 8.67. The van der Waals surface area contributed by atoms with E-state index in [1.165, 1.54) is 0 Å². The number of fused-ring (bicyclic) bond motifs is 3. The van der Waals surface area contributed by atoms with E-state index in [9.17, 15) is 9.90 Å². The predicted octanol–water partition coefficient (Wildman–Crippen LogP) is 2.91. The van der Waals surface area contributed by atoms with E-state index in [4.69, 9.17) is 16.1 Å². The number of benzene rings is 1. The Morgan fingerprint density at radius 3 is 2.78 bits per heavy atom. The van der Waals surface area contributed by atoms with Gasteiger partial charge in [-0.1, -0.05) is 22.8 Å². The summed E-state index contributed by atoms with van der Waals surface area (Å²) in [5.74, 6) is 0.341. The van der Waals surface area contributed by atoms with Gasteiger partial charge in [0.2, 0.25) is 5.82 Å². The number of para-hydroxylation sites is 1. The van der Waals surface area contributed by atoms with Crippen molar-refractivity contribution in [1.29, 1.82) is 0 Å². The topological polar surface area (TPSA) is 98.5 Å². The number of hydrogen-bond donors (Lipinski definition) is 1. The molecule has 5 rings (SSSR count). The van der Waals surface area contributed by atoms with Crippen LogP contribution in [-0.2, 0) is 5.60 Å². The average molecular weight is 386 g/mol. The summed E-state index contributed by atoms with van der Waals surface area (Å²) in [6.07, 6.45) is 2.74. The standard InChI is InChI=1S/C18H16ClN5O3/c1-9(2)24-13-10(19)4-3-5-11(13)23-8-20-12(14(23)16(24)25)15-21-17(22-27-15)18(26)6-7-18/h3-5,8-9,26H,6-7H2,1-2H3. The Labute approximate surface area is 158 Å². The van der Waals surface area contributed by atoms with E-state index in [1.807, 2.05) is 26.0 Å². The second-order valence-electron chi connectivity index (χ2n) is 7.14. The zero-order valence-corrected chi connectivity index (χ0v) is 15.4. The highest BCUT2D eigenvalue weighted by Crippen LogP contribution is 2.44. The van der Waals surface area contributed by atoms with Crippen LogP contribution >= 0.6 is 11.6 Å². The monoisotopic (exact) mass is 385 g/mol. The van der Waals surface area contributed by atoms with Gasteiger partial charge in [-0.3, -0.25) is 9.20 Å². The molecule has 0 spiro atoms. The Kier molecular flexibility index (Phi) is 3.29. The lowest BCUT2D eigenvalue weighted by Gasteiger charge is -2.16. The lowest BCUT2D eigenvalue weighted by Crippen LogP contribution is -2.25. The molecule has 1 aliphatic carbocycles. The van der Waals surface area contributed by atoms with E-state index in [1.54, 1.807) is 21.4 Å². The predicted molar refractivity (Wildman–Crippen MR) is 98.8 cm³/mol. The summed E-state index contributed by atoms with van der Waals surface area (Å²) >= 11 is 6.40. The summed E-state index contributed by atoms with van der Waals surface area (Å²) in [6.45, 7) is 3.84. The lowest BCUT2D eigenvalue weighted by molar-refractivity contribution is 0.137. The highest BCUT2D eigenvalue weighted by molar-refractivity contribution is 6.35. The second-order valence-corrected chi connectivity index (χ2v) is 7.55. The van der Waals surface area contributed by atoms with Crippen molar-refractivity contribution in [2.24, 2.45) is 0 Å². The van der Waals surface area contributed by atoms with E-state index in [0.717, 1.165) is 5.52 Å². The van der Waals surface area contributed by atoms with Gasteiger partial charge in [-0.2, -0.15) is 4.98 Å². The van der Waals surface area contributed by atoms with Crippen LogP contribution in [0, 0.1) is 0 Å². The van der Waals surface area contributed by atoms with Crippen LogP contribution in [0.5, 0.6) is 0 Å². The van der Waals surface area contributed by atoms with Gasteiger partial charge in [0.05, 0.1) is 16.1 Å². The molecule has 0 atom stereocenters. The van der Waals surface area contributed by atoms with E-state index < -0.39 is 5.60 Å². The third-order valence-corrected chi connectivity index (χ3v) is 5.24. The minimum Gasteiger partial charge on any atom is -0.382 e. The minimum atomic E-state index is -1.02. The van der Waals surface area contributed by atoms with Crippen LogP contribution in [0.15, 0.2) is 33.8 Å². The molecule has 0 amide bonds. The van der Waals surface area contributed by atoms with E-state index in [-0.39, 0.29) is 23.3 Å². The first kappa shape index (κ1) is 16.5. The van der Waals surface area contributed by atoms with Crippen molar-refractivity contribution in [3.8, 4) is 11.6 Å². The third-order valence-electron chi connectivity index (χ3n) is 4.94. The van der Waals surface area contributed by atoms with Crippen LogP contribution in [0.4, 0.5) is 0 Å². The molecular formula is C18H16ClN5O3. The third kappa shape index (κ3) is 2.26. The highest BCUT2D eigenvalue weighted by Gasteiger charge is 2.47. The normalized spacial score (nSPS) is 15.9. The zero-order valence-electron chi connectivity index (χ0n) is 14.7. The number of nitrogens with zero attached hydrogens (tertiary/aromatic N) is 5. The molecule has 0 radical (unpaired) electrons. The van der Waals surface area contributed by atoms with Crippen LogP contribution in [0.3, 0.4) is 0 Å². The Bertz CT molecular complexity index is 1270. The van der Waals surface area contributed by atoms with Gasteiger partial charge in [0.15, 0.2) is 5.69 Å². The fourth-order valence-electron chi connectivity index (χ4n) is 3.39. The molecule has 9 heteroatoms. The zero-order chi connectivity index (χ0) is 18.9. The van der Waals surface area contributed by atoms with Gasteiger partial charge < -0.3 is 14.2 Å². The molecule has 1 N–H and O–H groups in total. The molecule has 1 aliphatic rings. The SMILES string of the molecule is CC(C)n1c(=O)c2c(-c3nc(C4(O)CC4)no3)ncn2c2cccc(Cl)c21. The van der Waals surface area contributed by atoms with Crippen LogP contribution in [-0.4, -0.2) is 29.2 Å². The lowest BCUT2D eigenvalue weighted by atomic mass is 10.2. The Hall–Kier alpha value is -2.71. The van der Waals surface area contributed by atoms with Gasteiger partial charge in [-0.05, 0) is 38.8 Å². The molecule has 138 valence electrons. The Morgan fingerprint density at radius 2 is 2.07 bits per heavy atom. The van der Waals surface area contributed by atoms with Gasteiger partial charge in [0.1, 0.15) is 17.4 Å². The number of aliphatic hydroxyl groups is 1. The maximum atomic E-state index is 13.3. The summed E-state index contributed by atoms with van der Waals surface area (Å²) in [6, 6.07) is 5.35.